The third-order valence-electron chi connectivity index (χ3n) is 11.2. The molecular formula is C48H34N2. The Morgan fingerprint density at radius 3 is 1.96 bits per heavy atom. The minimum absolute atomic E-state index is 0.0890. The van der Waals surface area contributed by atoms with E-state index in [1.54, 1.807) is 0 Å². The molecule has 0 aliphatic heterocycles. The third kappa shape index (κ3) is 3.58. The van der Waals surface area contributed by atoms with Crippen molar-refractivity contribution in [2.75, 3.05) is 0 Å². The van der Waals surface area contributed by atoms with E-state index in [0.717, 1.165) is 0 Å². The number of benzene rings is 8. The number of hydrogen-bond acceptors (Lipinski definition) is 0. The van der Waals surface area contributed by atoms with Crippen LogP contribution in [0.3, 0.4) is 0 Å². The SMILES string of the molecule is CC(C)(C)c1ccc2c(c1)-c1ccc(-n3c4ccccc4c4c3ccc3c5c6ccccc6ccc5n(-c5ccccc5)c34)c3cccc-2c13. The van der Waals surface area contributed by atoms with E-state index in [2.05, 4.69) is 182 Å². The fourth-order valence-electron chi connectivity index (χ4n) is 8.93. The number of fused-ring (bicyclic) bond motifs is 12. The second kappa shape index (κ2) is 9.74. The van der Waals surface area contributed by atoms with Gasteiger partial charge in [0.15, 0.2) is 0 Å². The molecule has 0 spiro atoms. The van der Waals surface area contributed by atoms with Crippen molar-refractivity contribution >= 4 is 65.2 Å². The van der Waals surface area contributed by atoms with Gasteiger partial charge in [-0.05, 0) is 91.9 Å². The minimum Gasteiger partial charge on any atom is -0.309 e. The Balaban J connectivity index is 1.28. The molecule has 2 aromatic heterocycles. The molecule has 0 unspecified atom stereocenters. The molecule has 0 atom stereocenters. The highest BCUT2D eigenvalue weighted by Gasteiger charge is 2.27. The number of nitrogens with zero attached hydrogens (tertiary/aromatic N) is 2. The molecule has 2 heterocycles. The van der Waals surface area contributed by atoms with Gasteiger partial charge in [-0.1, -0.05) is 130 Å². The maximum absolute atomic E-state index is 2.52. The summed E-state index contributed by atoms with van der Waals surface area (Å²) in [5, 5.41) is 10.3. The number of rotatable bonds is 2. The summed E-state index contributed by atoms with van der Waals surface area (Å²) in [6.07, 6.45) is 0. The highest BCUT2D eigenvalue weighted by molar-refractivity contribution is 6.30. The van der Waals surface area contributed by atoms with Crippen LogP contribution < -0.4 is 0 Å². The van der Waals surface area contributed by atoms with Gasteiger partial charge in [-0.3, -0.25) is 0 Å². The lowest BCUT2D eigenvalue weighted by molar-refractivity contribution is 0.590. The average Bonchev–Trinajstić information content (AvgIpc) is 3.78. The molecule has 0 radical (unpaired) electrons. The maximum atomic E-state index is 2.52. The molecule has 2 heteroatoms. The molecule has 2 nitrogen and oxygen atoms in total. The molecule has 0 saturated carbocycles. The Kier molecular flexibility index (Phi) is 5.41. The quantitative estimate of drug-likeness (QED) is 0.178. The summed E-state index contributed by atoms with van der Waals surface area (Å²) in [5.74, 6) is 0. The molecule has 0 amide bonds. The first-order valence-corrected chi connectivity index (χ1v) is 17.6. The Hall–Kier alpha value is -6.12. The van der Waals surface area contributed by atoms with Crippen molar-refractivity contribution in [2.24, 2.45) is 0 Å². The zero-order valence-corrected chi connectivity index (χ0v) is 28.3. The normalized spacial score (nSPS) is 12.7. The molecule has 10 aromatic rings. The second-order valence-corrected chi connectivity index (χ2v) is 14.9. The van der Waals surface area contributed by atoms with Gasteiger partial charge in [-0.25, -0.2) is 0 Å². The molecule has 0 N–H and O–H groups in total. The molecule has 0 fully saturated rings. The van der Waals surface area contributed by atoms with Crippen molar-refractivity contribution in [3.05, 3.63) is 157 Å². The van der Waals surface area contributed by atoms with Crippen LogP contribution >= 0.6 is 0 Å². The van der Waals surface area contributed by atoms with Crippen molar-refractivity contribution in [1.82, 2.24) is 9.13 Å². The Labute approximate surface area is 290 Å². The van der Waals surface area contributed by atoms with E-state index in [1.165, 1.54) is 104 Å². The molecule has 0 saturated heterocycles. The van der Waals surface area contributed by atoms with Gasteiger partial charge >= 0.3 is 0 Å². The number of para-hydroxylation sites is 2. The van der Waals surface area contributed by atoms with E-state index in [0.29, 0.717) is 0 Å². The van der Waals surface area contributed by atoms with Crippen LogP contribution in [0.15, 0.2) is 152 Å². The average molecular weight is 639 g/mol. The van der Waals surface area contributed by atoms with Crippen LogP contribution in [0.2, 0.25) is 0 Å². The summed E-state index contributed by atoms with van der Waals surface area (Å²) >= 11 is 0. The van der Waals surface area contributed by atoms with Crippen LogP contribution in [0.4, 0.5) is 0 Å². The van der Waals surface area contributed by atoms with Crippen LogP contribution in [0.1, 0.15) is 26.3 Å². The summed E-state index contributed by atoms with van der Waals surface area (Å²) in [4.78, 5) is 0. The van der Waals surface area contributed by atoms with Crippen LogP contribution in [0, 0.1) is 0 Å². The van der Waals surface area contributed by atoms with Crippen LogP contribution in [0.5, 0.6) is 0 Å². The van der Waals surface area contributed by atoms with E-state index in [9.17, 15) is 0 Å². The summed E-state index contributed by atoms with van der Waals surface area (Å²) in [6, 6.07) is 56.6. The van der Waals surface area contributed by atoms with Gasteiger partial charge in [-0.15, -0.1) is 0 Å². The first-order chi connectivity index (χ1) is 24.5. The largest absolute Gasteiger partial charge is 0.309 e. The van der Waals surface area contributed by atoms with Gasteiger partial charge < -0.3 is 9.13 Å². The first kappa shape index (κ1) is 27.8. The van der Waals surface area contributed by atoms with Crippen molar-refractivity contribution in [3.63, 3.8) is 0 Å². The Morgan fingerprint density at radius 1 is 0.400 bits per heavy atom. The Bertz CT molecular complexity index is 3060. The van der Waals surface area contributed by atoms with Crippen molar-refractivity contribution in [3.8, 4) is 33.6 Å². The van der Waals surface area contributed by atoms with E-state index in [-0.39, 0.29) is 5.41 Å². The highest BCUT2D eigenvalue weighted by atomic mass is 15.0. The monoisotopic (exact) mass is 638 g/mol. The van der Waals surface area contributed by atoms with Crippen LogP contribution in [0.25, 0.3) is 98.8 Å². The van der Waals surface area contributed by atoms with E-state index < -0.39 is 0 Å². The fraction of sp³-hybridized carbons (Fsp3) is 0.0833. The van der Waals surface area contributed by atoms with Gasteiger partial charge in [0, 0.05) is 32.6 Å². The zero-order valence-electron chi connectivity index (χ0n) is 28.3. The third-order valence-corrected chi connectivity index (χ3v) is 11.2. The predicted molar refractivity (Wildman–Crippen MR) is 213 cm³/mol. The van der Waals surface area contributed by atoms with E-state index in [4.69, 9.17) is 0 Å². The van der Waals surface area contributed by atoms with Crippen LogP contribution in [-0.2, 0) is 5.41 Å². The molecule has 11 rings (SSSR count). The molecule has 8 aromatic carbocycles. The number of aromatic nitrogens is 2. The minimum atomic E-state index is 0.0890. The molecular weight excluding hydrogens is 605 g/mol. The number of hydrogen-bond donors (Lipinski definition) is 0. The molecule has 50 heavy (non-hydrogen) atoms. The standard InChI is InChI=1S/C48H34N2/c1-48(2,3)30-21-22-33-34-17-11-18-36-41(26-23-35(44(34)36)39(33)28-30)50-40-19-10-9-16-37(40)46-43(50)27-24-38-45-32-15-8-7-12-29(32)20-25-42(45)49(47(38)46)31-13-5-4-6-14-31/h4-28H,1-3H3. The van der Waals surface area contributed by atoms with E-state index in [1.807, 2.05) is 0 Å². The highest BCUT2D eigenvalue weighted by Crippen LogP contribution is 2.51. The van der Waals surface area contributed by atoms with Crippen LogP contribution in [-0.4, -0.2) is 9.13 Å². The molecule has 0 bridgehead atoms. The van der Waals surface area contributed by atoms with E-state index >= 15 is 0 Å². The van der Waals surface area contributed by atoms with Crippen molar-refractivity contribution in [1.29, 1.82) is 0 Å². The zero-order chi connectivity index (χ0) is 33.3. The Morgan fingerprint density at radius 2 is 1.10 bits per heavy atom. The first-order valence-electron chi connectivity index (χ1n) is 17.6. The molecule has 1 aliphatic carbocycles. The summed E-state index contributed by atoms with van der Waals surface area (Å²) in [7, 11) is 0. The topological polar surface area (TPSA) is 9.86 Å². The molecule has 236 valence electrons. The second-order valence-electron chi connectivity index (χ2n) is 14.9. The predicted octanol–water partition coefficient (Wildman–Crippen LogP) is 13.1. The lowest BCUT2D eigenvalue weighted by Crippen LogP contribution is -2.10. The van der Waals surface area contributed by atoms with Gasteiger partial charge in [0.1, 0.15) is 0 Å². The summed E-state index contributed by atoms with van der Waals surface area (Å²) in [6.45, 7) is 6.90. The summed E-state index contributed by atoms with van der Waals surface area (Å²) < 4.78 is 5.01. The summed E-state index contributed by atoms with van der Waals surface area (Å²) in [5.41, 5.74) is 14.1. The van der Waals surface area contributed by atoms with Gasteiger partial charge in [-0.2, -0.15) is 0 Å². The van der Waals surface area contributed by atoms with Gasteiger partial charge in [0.05, 0.1) is 27.8 Å². The van der Waals surface area contributed by atoms with Crippen molar-refractivity contribution in [2.45, 2.75) is 26.2 Å². The van der Waals surface area contributed by atoms with Gasteiger partial charge in [0.2, 0.25) is 0 Å². The fourth-order valence-corrected chi connectivity index (χ4v) is 8.93. The van der Waals surface area contributed by atoms with Gasteiger partial charge in [0.25, 0.3) is 0 Å². The lowest BCUT2D eigenvalue weighted by Gasteiger charge is -2.20. The lowest BCUT2D eigenvalue weighted by atomic mass is 9.85. The van der Waals surface area contributed by atoms with Crippen molar-refractivity contribution < 1.29 is 0 Å². The smallest absolute Gasteiger partial charge is 0.0641 e. The maximum Gasteiger partial charge on any atom is 0.0641 e. The molecule has 1 aliphatic rings.